The van der Waals surface area contributed by atoms with Crippen LogP contribution in [0.25, 0.3) is 0 Å². The van der Waals surface area contributed by atoms with Crippen molar-refractivity contribution < 1.29 is 23.8 Å². The number of amides is 2. The van der Waals surface area contributed by atoms with E-state index in [0.717, 1.165) is 19.4 Å². The Morgan fingerprint density at radius 3 is 2.75 bits per heavy atom. The number of rotatable bonds is 6. The van der Waals surface area contributed by atoms with E-state index in [9.17, 15) is 9.59 Å². The molecule has 2 heterocycles. The van der Waals surface area contributed by atoms with Crippen LogP contribution in [0.4, 0.5) is 11.4 Å². The molecule has 0 spiro atoms. The molecule has 2 N–H and O–H groups in total. The average Bonchev–Trinajstić information content (AvgIpc) is 3.38. The molecular formula is C21H22N2O5. The van der Waals surface area contributed by atoms with Crippen molar-refractivity contribution in [2.24, 2.45) is 0 Å². The zero-order valence-corrected chi connectivity index (χ0v) is 15.4. The van der Waals surface area contributed by atoms with Crippen molar-refractivity contribution in [1.82, 2.24) is 0 Å². The van der Waals surface area contributed by atoms with Gasteiger partial charge >= 0.3 is 0 Å². The molecule has 7 heteroatoms. The SMILES string of the molecule is O=C(CCC1CCCO1)Nc1ccccc1C(=O)Nc1ccc2c(c1)OCO2. The topological polar surface area (TPSA) is 85.9 Å². The van der Waals surface area contributed by atoms with E-state index in [-0.39, 0.29) is 24.7 Å². The summed E-state index contributed by atoms with van der Waals surface area (Å²) >= 11 is 0. The predicted molar refractivity (Wildman–Crippen MR) is 104 cm³/mol. The summed E-state index contributed by atoms with van der Waals surface area (Å²) in [6.45, 7) is 0.947. The number of para-hydroxylation sites is 1. The van der Waals surface area contributed by atoms with E-state index in [1.807, 2.05) is 0 Å². The van der Waals surface area contributed by atoms with Gasteiger partial charge in [-0.05, 0) is 43.5 Å². The Morgan fingerprint density at radius 1 is 1.04 bits per heavy atom. The van der Waals surface area contributed by atoms with E-state index in [4.69, 9.17) is 14.2 Å². The van der Waals surface area contributed by atoms with Crippen LogP contribution in [-0.2, 0) is 9.53 Å². The van der Waals surface area contributed by atoms with Crippen LogP contribution in [0.5, 0.6) is 11.5 Å². The molecule has 4 rings (SSSR count). The maximum atomic E-state index is 12.7. The molecule has 1 saturated heterocycles. The Kier molecular flexibility index (Phi) is 5.43. The minimum Gasteiger partial charge on any atom is -0.454 e. The van der Waals surface area contributed by atoms with Crippen LogP contribution in [0.2, 0.25) is 0 Å². The van der Waals surface area contributed by atoms with Gasteiger partial charge < -0.3 is 24.8 Å². The zero-order valence-electron chi connectivity index (χ0n) is 15.4. The number of anilines is 2. The molecule has 28 heavy (non-hydrogen) atoms. The van der Waals surface area contributed by atoms with E-state index in [1.165, 1.54) is 0 Å². The highest BCUT2D eigenvalue weighted by Gasteiger charge is 2.19. The number of benzene rings is 2. The number of nitrogens with one attached hydrogen (secondary N) is 2. The van der Waals surface area contributed by atoms with Gasteiger partial charge in [0.05, 0.1) is 17.4 Å². The molecule has 0 bridgehead atoms. The van der Waals surface area contributed by atoms with E-state index in [2.05, 4.69) is 10.6 Å². The van der Waals surface area contributed by atoms with Crippen LogP contribution < -0.4 is 20.1 Å². The molecular weight excluding hydrogens is 360 g/mol. The lowest BCUT2D eigenvalue weighted by atomic mass is 10.1. The summed E-state index contributed by atoms with van der Waals surface area (Å²) in [5.74, 6) is 0.804. The van der Waals surface area contributed by atoms with Crippen molar-refractivity contribution >= 4 is 23.2 Å². The molecule has 1 unspecified atom stereocenters. The lowest BCUT2D eigenvalue weighted by molar-refractivity contribution is -0.116. The maximum absolute atomic E-state index is 12.7. The first-order chi connectivity index (χ1) is 13.7. The van der Waals surface area contributed by atoms with Crippen molar-refractivity contribution in [1.29, 1.82) is 0 Å². The van der Waals surface area contributed by atoms with Gasteiger partial charge in [-0.3, -0.25) is 9.59 Å². The minimum atomic E-state index is -0.311. The van der Waals surface area contributed by atoms with Crippen LogP contribution in [-0.4, -0.2) is 31.3 Å². The van der Waals surface area contributed by atoms with Gasteiger partial charge in [0.1, 0.15) is 0 Å². The Bertz CT molecular complexity index is 877. The van der Waals surface area contributed by atoms with E-state index < -0.39 is 0 Å². The molecule has 1 atom stereocenters. The normalized spacial score (nSPS) is 17.4. The molecule has 2 aromatic rings. The first kappa shape index (κ1) is 18.3. The van der Waals surface area contributed by atoms with Gasteiger partial charge in [-0.25, -0.2) is 0 Å². The molecule has 2 aromatic carbocycles. The molecule has 0 radical (unpaired) electrons. The minimum absolute atomic E-state index is 0.126. The molecule has 2 aliphatic rings. The van der Waals surface area contributed by atoms with Gasteiger partial charge in [-0.1, -0.05) is 12.1 Å². The maximum Gasteiger partial charge on any atom is 0.257 e. The largest absolute Gasteiger partial charge is 0.454 e. The summed E-state index contributed by atoms with van der Waals surface area (Å²) in [6.07, 6.45) is 3.27. The van der Waals surface area contributed by atoms with Gasteiger partial charge in [0.2, 0.25) is 12.7 Å². The van der Waals surface area contributed by atoms with Crippen molar-refractivity contribution in [2.45, 2.75) is 31.8 Å². The van der Waals surface area contributed by atoms with Gasteiger partial charge in [0.15, 0.2) is 11.5 Å². The third kappa shape index (κ3) is 4.26. The van der Waals surface area contributed by atoms with Crippen LogP contribution >= 0.6 is 0 Å². The Hall–Kier alpha value is -3.06. The summed E-state index contributed by atoms with van der Waals surface area (Å²) in [6, 6.07) is 12.1. The molecule has 2 amide bonds. The number of fused-ring (bicyclic) bond motifs is 1. The number of hydrogen-bond acceptors (Lipinski definition) is 5. The number of carbonyl (C=O) groups excluding carboxylic acids is 2. The third-order valence-corrected chi connectivity index (χ3v) is 4.79. The highest BCUT2D eigenvalue weighted by molar-refractivity contribution is 6.10. The summed E-state index contributed by atoms with van der Waals surface area (Å²) in [4.78, 5) is 25.0. The fourth-order valence-corrected chi connectivity index (χ4v) is 3.34. The second kappa shape index (κ2) is 8.31. The number of ether oxygens (including phenoxy) is 3. The van der Waals surface area contributed by atoms with E-state index in [1.54, 1.807) is 42.5 Å². The first-order valence-electron chi connectivity index (χ1n) is 9.40. The summed E-state index contributed by atoms with van der Waals surface area (Å²) in [5.41, 5.74) is 1.47. The number of hydrogen-bond donors (Lipinski definition) is 2. The molecule has 0 saturated carbocycles. The highest BCUT2D eigenvalue weighted by atomic mass is 16.7. The highest BCUT2D eigenvalue weighted by Crippen LogP contribution is 2.34. The molecule has 2 aliphatic heterocycles. The fraction of sp³-hybridized carbons (Fsp3) is 0.333. The van der Waals surface area contributed by atoms with Gasteiger partial charge in [0.25, 0.3) is 5.91 Å². The van der Waals surface area contributed by atoms with Crippen LogP contribution in [0.15, 0.2) is 42.5 Å². The van der Waals surface area contributed by atoms with Gasteiger partial charge in [0, 0.05) is 24.8 Å². The smallest absolute Gasteiger partial charge is 0.257 e. The average molecular weight is 382 g/mol. The van der Waals surface area contributed by atoms with Crippen LogP contribution in [0.1, 0.15) is 36.0 Å². The lowest BCUT2D eigenvalue weighted by Crippen LogP contribution is -2.19. The second-order valence-corrected chi connectivity index (χ2v) is 6.79. The Balaban J connectivity index is 1.40. The summed E-state index contributed by atoms with van der Waals surface area (Å²) in [5, 5.41) is 5.68. The van der Waals surface area contributed by atoms with Crippen molar-refractivity contribution in [2.75, 3.05) is 24.0 Å². The molecule has 7 nitrogen and oxygen atoms in total. The molecule has 0 aliphatic carbocycles. The fourth-order valence-electron chi connectivity index (χ4n) is 3.34. The molecule has 0 aromatic heterocycles. The van der Waals surface area contributed by atoms with Crippen molar-refractivity contribution in [3.05, 3.63) is 48.0 Å². The lowest BCUT2D eigenvalue weighted by Gasteiger charge is -2.13. The van der Waals surface area contributed by atoms with Gasteiger partial charge in [-0.15, -0.1) is 0 Å². The monoisotopic (exact) mass is 382 g/mol. The van der Waals surface area contributed by atoms with Crippen LogP contribution in [0, 0.1) is 0 Å². The van der Waals surface area contributed by atoms with Crippen molar-refractivity contribution in [3.63, 3.8) is 0 Å². The number of carbonyl (C=O) groups is 2. The third-order valence-electron chi connectivity index (χ3n) is 4.79. The summed E-state index contributed by atoms with van der Waals surface area (Å²) in [7, 11) is 0. The first-order valence-corrected chi connectivity index (χ1v) is 9.40. The summed E-state index contributed by atoms with van der Waals surface area (Å²) < 4.78 is 16.2. The quantitative estimate of drug-likeness (QED) is 0.798. The van der Waals surface area contributed by atoms with Crippen LogP contribution in [0.3, 0.4) is 0 Å². The second-order valence-electron chi connectivity index (χ2n) is 6.79. The van der Waals surface area contributed by atoms with Crippen molar-refractivity contribution in [3.8, 4) is 11.5 Å². The predicted octanol–water partition coefficient (Wildman–Crippen LogP) is 3.57. The standard InChI is InChI=1S/C21H22N2O5/c24-20(10-8-15-4-3-11-26-15)23-17-6-2-1-5-16(17)21(25)22-14-7-9-18-19(12-14)28-13-27-18/h1-2,5-7,9,12,15H,3-4,8,10-11,13H2,(H,22,25)(H,23,24). The Morgan fingerprint density at radius 2 is 1.89 bits per heavy atom. The zero-order chi connectivity index (χ0) is 19.3. The molecule has 1 fully saturated rings. The van der Waals surface area contributed by atoms with E-state index in [0.29, 0.717) is 41.3 Å². The molecule has 146 valence electrons. The van der Waals surface area contributed by atoms with E-state index >= 15 is 0 Å². The van der Waals surface area contributed by atoms with Gasteiger partial charge in [-0.2, -0.15) is 0 Å². The Labute approximate surface area is 163 Å².